The van der Waals surface area contributed by atoms with Crippen molar-refractivity contribution in [3.8, 4) is 0 Å². The third-order valence-electron chi connectivity index (χ3n) is 3.80. The van der Waals surface area contributed by atoms with E-state index in [9.17, 15) is 9.59 Å². The number of unbranched alkanes of at least 4 members (excludes halogenated alkanes) is 1. The zero-order valence-electron chi connectivity index (χ0n) is 15.6. The Morgan fingerprint density at radius 3 is 2.72 bits per heavy atom. The van der Waals surface area contributed by atoms with E-state index in [1.54, 1.807) is 4.90 Å². The molecule has 2 amide bonds. The second kappa shape index (κ2) is 8.34. The summed E-state index contributed by atoms with van der Waals surface area (Å²) in [7, 11) is 0. The molecule has 0 atom stereocenters. The van der Waals surface area contributed by atoms with Crippen LogP contribution in [-0.2, 0) is 27.2 Å². The molecule has 0 saturated carbocycles. The number of anilines is 1. The van der Waals surface area contributed by atoms with Gasteiger partial charge in [-0.05, 0) is 50.8 Å². The Morgan fingerprint density at radius 1 is 1.28 bits per heavy atom. The van der Waals surface area contributed by atoms with Gasteiger partial charge in [0.1, 0.15) is 5.60 Å². The molecule has 0 aliphatic carbocycles. The van der Waals surface area contributed by atoms with Crippen molar-refractivity contribution in [2.75, 3.05) is 18.1 Å². The molecule has 1 N–H and O–H groups in total. The van der Waals surface area contributed by atoms with E-state index in [1.807, 2.05) is 39.0 Å². The lowest BCUT2D eigenvalue weighted by Crippen LogP contribution is -2.35. The molecule has 1 aromatic rings. The molecule has 0 radical (unpaired) electrons. The summed E-state index contributed by atoms with van der Waals surface area (Å²) >= 11 is 0. The van der Waals surface area contributed by atoms with Crippen molar-refractivity contribution in [2.24, 2.45) is 0 Å². The smallest absolute Gasteiger partial charge is 0.414 e. The van der Waals surface area contributed by atoms with Crippen molar-refractivity contribution in [3.05, 3.63) is 29.3 Å². The lowest BCUT2D eigenvalue weighted by atomic mass is 10.1. The Labute approximate surface area is 149 Å². The van der Waals surface area contributed by atoms with E-state index in [4.69, 9.17) is 9.57 Å². The van der Waals surface area contributed by atoms with Crippen LogP contribution in [0.25, 0.3) is 0 Å². The van der Waals surface area contributed by atoms with Crippen molar-refractivity contribution < 1.29 is 19.2 Å². The number of nitrogens with one attached hydrogen (secondary N) is 1. The van der Waals surface area contributed by atoms with Crippen molar-refractivity contribution >= 4 is 17.7 Å². The zero-order chi connectivity index (χ0) is 18.4. The molecule has 0 aromatic heterocycles. The first-order valence-corrected chi connectivity index (χ1v) is 8.83. The van der Waals surface area contributed by atoms with E-state index < -0.39 is 5.60 Å². The van der Waals surface area contributed by atoms with Crippen molar-refractivity contribution in [1.82, 2.24) is 5.48 Å². The van der Waals surface area contributed by atoms with E-state index in [0.717, 1.165) is 36.1 Å². The topological polar surface area (TPSA) is 67.9 Å². The number of ether oxygens (including phenoxy) is 1. The number of amides is 2. The van der Waals surface area contributed by atoms with Crippen molar-refractivity contribution in [3.63, 3.8) is 0 Å². The van der Waals surface area contributed by atoms with Gasteiger partial charge < -0.3 is 4.74 Å². The third-order valence-corrected chi connectivity index (χ3v) is 3.80. The minimum Gasteiger partial charge on any atom is -0.443 e. The molecule has 6 heteroatoms. The van der Waals surface area contributed by atoms with Gasteiger partial charge in [0.05, 0.1) is 18.7 Å². The Kier molecular flexibility index (Phi) is 6.42. The average molecular weight is 348 g/mol. The van der Waals surface area contributed by atoms with Gasteiger partial charge in [0.25, 0.3) is 0 Å². The van der Waals surface area contributed by atoms with Gasteiger partial charge in [-0.2, -0.15) is 0 Å². The van der Waals surface area contributed by atoms with E-state index in [-0.39, 0.29) is 18.4 Å². The Bertz CT molecular complexity index is 622. The maximum atomic E-state index is 12.3. The zero-order valence-corrected chi connectivity index (χ0v) is 15.6. The predicted octanol–water partition coefficient (Wildman–Crippen LogP) is 3.37. The lowest BCUT2D eigenvalue weighted by Gasteiger charge is -2.24. The largest absolute Gasteiger partial charge is 0.443 e. The number of hydrogen-bond donors (Lipinski definition) is 1. The lowest BCUT2D eigenvalue weighted by molar-refractivity contribution is -0.132. The molecule has 0 fully saturated rings. The third kappa shape index (κ3) is 5.74. The quantitative estimate of drug-likeness (QED) is 0.632. The number of hydrogen-bond acceptors (Lipinski definition) is 4. The fourth-order valence-electron chi connectivity index (χ4n) is 2.64. The standard InChI is InChI=1S/C19H28N2O4/c1-5-6-11-24-20-17(22)13-14-7-8-16-15(12-14)9-10-21(16)18(23)25-19(2,3)4/h7-8,12H,5-6,9-11,13H2,1-4H3,(H,20,22). The van der Waals surface area contributed by atoms with Crippen LogP contribution in [0, 0.1) is 0 Å². The molecule has 0 spiro atoms. The molecule has 2 rings (SSSR count). The van der Waals surface area contributed by atoms with E-state index in [0.29, 0.717) is 13.2 Å². The molecule has 0 unspecified atom stereocenters. The average Bonchev–Trinajstić information content (AvgIpc) is 2.93. The molecule has 1 aromatic carbocycles. The van der Waals surface area contributed by atoms with Gasteiger partial charge in [0.2, 0.25) is 5.91 Å². The van der Waals surface area contributed by atoms with E-state index in [1.165, 1.54) is 0 Å². The minimum absolute atomic E-state index is 0.168. The first kappa shape index (κ1) is 19.2. The summed E-state index contributed by atoms with van der Waals surface area (Å²) in [6, 6.07) is 5.73. The van der Waals surface area contributed by atoms with Crippen LogP contribution in [0.15, 0.2) is 18.2 Å². The summed E-state index contributed by atoms with van der Waals surface area (Å²) in [5, 5.41) is 0. The van der Waals surface area contributed by atoms with Gasteiger partial charge in [0, 0.05) is 6.54 Å². The second-order valence-electron chi connectivity index (χ2n) is 7.25. The molecular weight excluding hydrogens is 320 g/mol. The minimum atomic E-state index is -0.518. The number of benzene rings is 1. The fraction of sp³-hybridized carbons (Fsp3) is 0.579. The maximum absolute atomic E-state index is 12.3. The molecule has 138 valence electrons. The number of hydroxylamine groups is 1. The van der Waals surface area contributed by atoms with Crippen LogP contribution >= 0.6 is 0 Å². The van der Waals surface area contributed by atoms with Gasteiger partial charge >= 0.3 is 6.09 Å². The monoisotopic (exact) mass is 348 g/mol. The molecule has 6 nitrogen and oxygen atoms in total. The SMILES string of the molecule is CCCCONC(=O)Cc1ccc2c(c1)CCN2C(=O)OC(C)(C)C. The van der Waals surface area contributed by atoms with Crippen LogP contribution in [0.5, 0.6) is 0 Å². The first-order valence-electron chi connectivity index (χ1n) is 8.83. The molecule has 1 heterocycles. The summed E-state index contributed by atoms with van der Waals surface area (Å²) in [4.78, 5) is 30.9. The molecule has 0 bridgehead atoms. The van der Waals surface area contributed by atoms with Gasteiger partial charge in [-0.3, -0.25) is 14.5 Å². The number of rotatable bonds is 6. The number of carbonyl (C=O) groups is 2. The van der Waals surface area contributed by atoms with E-state index in [2.05, 4.69) is 12.4 Å². The van der Waals surface area contributed by atoms with Crippen LogP contribution in [0.1, 0.15) is 51.7 Å². The van der Waals surface area contributed by atoms with Crippen LogP contribution < -0.4 is 10.4 Å². The predicted molar refractivity (Wildman–Crippen MR) is 96.4 cm³/mol. The summed E-state index contributed by atoms with van der Waals surface area (Å²) in [5.74, 6) is -0.168. The van der Waals surface area contributed by atoms with Crippen molar-refractivity contribution in [2.45, 2.75) is 59.0 Å². The number of fused-ring (bicyclic) bond motifs is 1. The van der Waals surface area contributed by atoms with Crippen LogP contribution in [-0.4, -0.2) is 30.8 Å². The highest BCUT2D eigenvalue weighted by Crippen LogP contribution is 2.30. The van der Waals surface area contributed by atoms with Crippen LogP contribution in [0.4, 0.5) is 10.5 Å². The maximum Gasteiger partial charge on any atom is 0.414 e. The normalized spacial score (nSPS) is 13.5. The summed E-state index contributed by atoms with van der Waals surface area (Å²) in [6.45, 7) is 8.75. The highest BCUT2D eigenvalue weighted by atomic mass is 16.6. The Morgan fingerprint density at radius 2 is 2.04 bits per heavy atom. The van der Waals surface area contributed by atoms with Crippen LogP contribution in [0.2, 0.25) is 0 Å². The van der Waals surface area contributed by atoms with Gasteiger partial charge in [0.15, 0.2) is 0 Å². The van der Waals surface area contributed by atoms with E-state index >= 15 is 0 Å². The highest BCUT2D eigenvalue weighted by Gasteiger charge is 2.29. The summed E-state index contributed by atoms with van der Waals surface area (Å²) in [5.41, 5.74) is 4.77. The molecule has 1 aliphatic rings. The summed E-state index contributed by atoms with van der Waals surface area (Å²) in [6.07, 6.45) is 2.62. The molecule has 0 saturated heterocycles. The fourth-order valence-corrected chi connectivity index (χ4v) is 2.64. The van der Waals surface area contributed by atoms with Gasteiger partial charge in [-0.15, -0.1) is 0 Å². The van der Waals surface area contributed by atoms with Crippen LogP contribution in [0.3, 0.4) is 0 Å². The Hall–Kier alpha value is -2.08. The number of carbonyl (C=O) groups excluding carboxylic acids is 2. The molecule has 1 aliphatic heterocycles. The van der Waals surface area contributed by atoms with Gasteiger partial charge in [-0.1, -0.05) is 25.5 Å². The first-order chi connectivity index (χ1) is 11.8. The van der Waals surface area contributed by atoms with Crippen molar-refractivity contribution in [1.29, 1.82) is 0 Å². The van der Waals surface area contributed by atoms with Gasteiger partial charge in [-0.25, -0.2) is 10.3 Å². The molecule has 25 heavy (non-hydrogen) atoms. The number of nitrogens with zero attached hydrogens (tertiary/aromatic N) is 1. The molecular formula is C19H28N2O4. The highest BCUT2D eigenvalue weighted by molar-refractivity contribution is 5.90. The Balaban J connectivity index is 1.94. The second-order valence-corrected chi connectivity index (χ2v) is 7.25. The summed E-state index contributed by atoms with van der Waals surface area (Å²) < 4.78 is 5.44.